The van der Waals surface area contributed by atoms with Gasteiger partial charge in [0.05, 0.1) is 10.6 Å². The van der Waals surface area contributed by atoms with Crippen molar-refractivity contribution < 1.29 is 38.3 Å². The molecule has 1 aromatic rings. The van der Waals surface area contributed by atoms with E-state index in [-0.39, 0.29) is 29.6 Å². The van der Waals surface area contributed by atoms with Gasteiger partial charge < -0.3 is 4.55 Å². The molecule has 0 saturated heterocycles. The van der Waals surface area contributed by atoms with Crippen molar-refractivity contribution in [2.75, 3.05) is 0 Å². The van der Waals surface area contributed by atoms with Gasteiger partial charge in [0.1, 0.15) is 0 Å². The summed E-state index contributed by atoms with van der Waals surface area (Å²) >= 11 is -2.15. The minimum Gasteiger partial charge on any atom is -0.768 e. The summed E-state index contributed by atoms with van der Waals surface area (Å²) in [5.74, 6) is 0. The quantitative estimate of drug-likeness (QED) is 0.380. The largest absolute Gasteiger partial charge is 1.00 e. The molecule has 1 aromatic heterocycles. The molecule has 62 valence electrons. The molecule has 0 saturated carbocycles. The second-order valence-electron chi connectivity index (χ2n) is 2.20. The second-order valence-corrected chi connectivity index (χ2v) is 3.11. The Labute approximate surface area is 95.9 Å². The van der Waals surface area contributed by atoms with Crippen LogP contribution in [0.25, 0.3) is 0 Å². The Kier molecular flexibility index (Phi) is 5.27. The van der Waals surface area contributed by atoms with Crippen LogP contribution in [0.1, 0.15) is 12.6 Å². The predicted octanol–water partition coefficient (Wildman–Crippen LogP) is -2.78. The van der Waals surface area contributed by atoms with Crippen molar-refractivity contribution in [3.8, 4) is 0 Å². The van der Waals surface area contributed by atoms with E-state index < -0.39 is 11.1 Å². The maximum Gasteiger partial charge on any atom is 1.00 e. The summed E-state index contributed by atoms with van der Waals surface area (Å²) in [7, 11) is 1.70. The third kappa shape index (κ3) is 2.67. The molecular formula is C6H9N2NaO2S. The fourth-order valence-corrected chi connectivity index (χ4v) is 1.51. The molecule has 1 atom stereocenters. The van der Waals surface area contributed by atoms with Crippen molar-refractivity contribution in [1.82, 2.24) is 9.78 Å². The summed E-state index contributed by atoms with van der Waals surface area (Å²) in [6.07, 6.45) is 2.14. The van der Waals surface area contributed by atoms with Crippen LogP contribution in [0.4, 0.5) is 0 Å². The Morgan fingerprint density at radius 2 is 2.33 bits per heavy atom. The maximum atomic E-state index is 10.5. The molecule has 0 spiro atoms. The molecule has 0 aliphatic carbocycles. The van der Waals surface area contributed by atoms with E-state index in [0.717, 1.165) is 0 Å². The van der Waals surface area contributed by atoms with Gasteiger partial charge in [-0.05, 0) is 17.5 Å². The molecule has 4 nitrogen and oxygen atoms in total. The van der Waals surface area contributed by atoms with E-state index in [4.69, 9.17) is 0 Å². The summed E-state index contributed by atoms with van der Waals surface area (Å²) in [4.78, 5) is 0.301. The smallest absolute Gasteiger partial charge is 0.768 e. The first-order valence-corrected chi connectivity index (χ1v) is 4.34. The summed E-state index contributed by atoms with van der Waals surface area (Å²) < 4.78 is 22.6. The van der Waals surface area contributed by atoms with E-state index in [0.29, 0.717) is 17.0 Å². The Hall–Kier alpha value is 0.320. The number of hydrogen-bond donors (Lipinski definition) is 0. The predicted molar refractivity (Wildman–Crippen MR) is 39.8 cm³/mol. The molecule has 12 heavy (non-hydrogen) atoms. The molecule has 0 aliphatic rings. The fourth-order valence-electron chi connectivity index (χ4n) is 0.897. The van der Waals surface area contributed by atoms with Crippen molar-refractivity contribution in [2.45, 2.75) is 18.2 Å². The van der Waals surface area contributed by atoms with Crippen LogP contribution in [0, 0.1) is 0 Å². The van der Waals surface area contributed by atoms with E-state index in [1.165, 1.54) is 10.9 Å². The Morgan fingerprint density at radius 1 is 1.75 bits per heavy atom. The van der Waals surface area contributed by atoms with Gasteiger partial charge in [-0.2, -0.15) is 5.10 Å². The van der Waals surface area contributed by atoms with Crippen molar-refractivity contribution in [1.29, 1.82) is 0 Å². The van der Waals surface area contributed by atoms with Crippen molar-refractivity contribution in [3.63, 3.8) is 0 Å². The van der Waals surface area contributed by atoms with Crippen LogP contribution in [0.2, 0.25) is 0 Å². The zero-order valence-electron chi connectivity index (χ0n) is 7.40. The minimum atomic E-state index is -2.15. The summed E-state index contributed by atoms with van der Waals surface area (Å²) in [6.45, 7) is 1.87. The summed E-state index contributed by atoms with van der Waals surface area (Å²) in [5, 5.41) is 3.97. The Balaban J connectivity index is 0.00000121. The summed E-state index contributed by atoms with van der Waals surface area (Å²) in [5.41, 5.74) is 0.626. The molecule has 0 bridgehead atoms. The van der Waals surface area contributed by atoms with Gasteiger partial charge in [0.2, 0.25) is 0 Å². The minimum absolute atomic E-state index is 0. The van der Waals surface area contributed by atoms with E-state index >= 15 is 0 Å². The average Bonchev–Trinajstić information content (AvgIpc) is 2.30. The third-order valence-electron chi connectivity index (χ3n) is 1.38. The first-order valence-electron chi connectivity index (χ1n) is 3.27. The van der Waals surface area contributed by atoms with Crippen LogP contribution < -0.4 is 29.6 Å². The fraction of sp³-hybridized carbons (Fsp3) is 0.500. The van der Waals surface area contributed by atoms with E-state index in [2.05, 4.69) is 5.10 Å². The number of hydrogen-bond acceptors (Lipinski definition) is 3. The first kappa shape index (κ1) is 12.3. The average molecular weight is 196 g/mol. The van der Waals surface area contributed by atoms with Crippen LogP contribution in [0.5, 0.6) is 0 Å². The van der Waals surface area contributed by atoms with Gasteiger partial charge in [0.25, 0.3) is 0 Å². The monoisotopic (exact) mass is 196 g/mol. The van der Waals surface area contributed by atoms with E-state index in [1.54, 1.807) is 7.05 Å². The molecular weight excluding hydrogens is 187 g/mol. The van der Waals surface area contributed by atoms with Crippen LogP contribution in [0.3, 0.4) is 0 Å². The molecule has 0 radical (unpaired) electrons. The molecule has 0 N–H and O–H groups in total. The SMILES string of the molecule is CCc1nn(C)cc1S(=O)[O-].[Na+]. The molecule has 6 heteroatoms. The van der Waals surface area contributed by atoms with Crippen LogP contribution >= 0.6 is 0 Å². The van der Waals surface area contributed by atoms with Gasteiger partial charge in [0.15, 0.2) is 0 Å². The number of aromatic nitrogens is 2. The van der Waals surface area contributed by atoms with E-state index in [1.807, 2.05) is 6.92 Å². The Morgan fingerprint density at radius 3 is 2.67 bits per heavy atom. The zero-order chi connectivity index (χ0) is 8.43. The first-order chi connectivity index (χ1) is 5.15. The van der Waals surface area contributed by atoms with E-state index in [9.17, 15) is 8.76 Å². The molecule has 0 aromatic carbocycles. The normalized spacial score (nSPS) is 12.2. The van der Waals surface area contributed by atoms with Gasteiger partial charge in [-0.15, -0.1) is 0 Å². The summed E-state index contributed by atoms with van der Waals surface area (Å²) in [6, 6.07) is 0. The molecule has 0 aliphatic heterocycles. The van der Waals surface area contributed by atoms with Crippen LogP contribution in [-0.2, 0) is 24.5 Å². The Bertz CT molecular complexity index is 287. The third-order valence-corrected chi connectivity index (χ3v) is 2.08. The second kappa shape index (κ2) is 5.14. The van der Waals surface area contributed by atoms with Gasteiger partial charge in [-0.1, -0.05) is 6.92 Å². The molecule has 1 unspecified atom stereocenters. The number of rotatable bonds is 2. The van der Waals surface area contributed by atoms with Crippen LogP contribution in [0.15, 0.2) is 11.1 Å². The van der Waals surface area contributed by atoms with Gasteiger partial charge >= 0.3 is 29.6 Å². The van der Waals surface area contributed by atoms with Crippen molar-refractivity contribution in [2.24, 2.45) is 7.05 Å². The standard InChI is InChI=1S/C6H10N2O2S.Na/c1-3-5-6(11(9)10)4-8(2)7-5;/h4H,3H2,1-2H3,(H,9,10);/q;+1/p-1. The number of aryl methyl sites for hydroxylation is 2. The van der Waals surface area contributed by atoms with Gasteiger partial charge in [0, 0.05) is 13.2 Å². The van der Waals surface area contributed by atoms with Crippen LogP contribution in [-0.4, -0.2) is 18.5 Å². The van der Waals surface area contributed by atoms with Gasteiger partial charge in [-0.3, -0.25) is 8.89 Å². The molecule has 1 rings (SSSR count). The molecule has 0 fully saturated rings. The maximum absolute atomic E-state index is 10.5. The molecule has 1 heterocycles. The van der Waals surface area contributed by atoms with Crippen molar-refractivity contribution in [3.05, 3.63) is 11.9 Å². The topological polar surface area (TPSA) is 58.0 Å². The number of nitrogens with zero attached hydrogens (tertiary/aromatic N) is 2. The van der Waals surface area contributed by atoms with Crippen molar-refractivity contribution >= 4 is 11.1 Å². The zero-order valence-corrected chi connectivity index (χ0v) is 10.2. The van der Waals surface area contributed by atoms with Gasteiger partial charge in [-0.25, -0.2) is 0 Å². The molecule has 0 amide bonds.